The topological polar surface area (TPSA) is 62.6 Å². The van der Waals surface area contributed by atoms with Crippen LogP contribution in [0.4, 0.5) is 5.69 Å². The van der Waals surface area contributed by atoms with E-state index in [2.05, 4.69) is 29.0 Å². The van der Waals surface area contributed by atoms with Crippen molar-refractivity contribution < 1.29 is 14.5 Å². The van der Waals surface area contributed by atoms with Crippen LogP contribution in [-0.4, -0.2) is 31.4 Å². The number of carbonyl (C=O) groups is 2. The Bertz CT molecular complexity index is 772. The molecule has 0 saturated heterocycles. The molecule has 6 heteroatoms. The fraction of sp³-hybridized carbons (Fsp3) is 0.368. The van der Waals surface area contributed by atoms with Gasteiger partial charge in [-0.3, -0.25) is 9.59 Å². The Labute approximate surface area is 152 Å². The third kappa shape index (κ3) is 4.08. The number of fused-ring (bicyclic) bond motifs is 1. The molecule has 0 radical (unpaired) electrons. The zero-order valence-corrected chi connectivity index (χ0v) is 15.4. The Morgan fingerprint density at radius 3 is 2.96 bits per heavy atom. The molecule has 0 aliphatic carbocycles. The molecule has 2 amide bonds. The summed E-state index contributed by atoms with van der Waals surface area (Å²) in [6.07, 6.45) is 1.03. The van der Waals surface area contributed by atoms with E-state index >= 15 is 0 Å². The number of carbonyl (C=O) groups excluding carboxylic acids is 2. The number of amides is 2. The smallest absolute Gasteiger partial charge is 0.279 e. The van der Waals surface area contributed by atoms with Gasteiger partial charge in [-0.1, -0.05) is 6.07 Å². The van der Waals surface area contributed by atoms with Gasteiger partial charge in [0.15, 0.2) is 6.54 Å². The van der Waals surface area contributed by atoms with Gasteiger partial charge in [-0.2, -0.15) is 0 Å². The Morgan fingerprint density at radius 2 is 2.16 bits per heavy atom. The Kier molecular flexibility index (Phi) is 5.50. The van der Waals surface area contributed by atoms with Crippen molar-refractivity contribution in [1.82, 2.24) is 5.32 Å². The number of nitrogens with one attached hydrogen (secondary N) is 3. The van der Waals surface area contributed by atoms with E-state index in [4.69, 9.17) is 0 Å². The fourth-order valence-electron chi connectivity index (χ4n) is 3.30. The summed E-state index contributed by atoms with van der Waals surface area (Å²) in [7, 11) is 0. The monoisotopic (exact) mass is 358 g/mol. The summed E-state index contributed by atoms with van der Waals surface area (Å²) in [5, 5.41) is 7.83. The molecule has 1 unspecified atom stereocenters. The molecule has 3 N–H and O–H groups in total. The lowest BCUT2D eigenvalue weighted by Gasteiger charge is -2.29. The van der Waals surface area contributed by atoms with E-state index in [1.165, 1.54) is 15.3 Å². The summed E-state index contributed by atoms with van der Waals surface area (Å²) in [6.45, 7) is 6.05. The average molecular weight is 358 g/mol. The molecule has 0 spiro atoms. The van der Waals surface area contributed by atoms with Crippen molar-refractivity contribution in [3.63, 3.8) is 0 Å². The minimum Gasteiger partial charge on any atom is -0.352 e. The van der Waals surface area contributed by atoms with Crippen LogP contribution < -0.4 is 15.5 Å². The minimum atomic E-state index is -0.126. The lowest BCUT2D eigenvalue weighted by atomic mass is 10.0. The highest BCUT2D eigenvalue weighted by Gasteiger charge is 2.29. The maximum Gasteiger partial charge on any atom is 0.279 e. The van der Waals surface area contributed by atoms with Crippen LogP contribution in [0.15, 0.2) is 35.7 Å². The van der Waals surface area contributed by atoms with Gasteiger partial charge in [0.25, 0.3) is 11.8 Å². The number of benzene rings is 1. The number of hydrogen-bond acceptors (Lipinski definition) is 3. The zero-order chi connectivity index (χ0) is 17.8. The molecule has 5 nitrogen and oxygen atoms in total. The first-order valence-electron chi connectivity index (χ1n) is 8.67. The SMILES string of the molecule is CCNC(=O)c1cccc(NC(=O)C[NH+]2CCc3sccc3[C@@H]2C)c1. The molecule has 0 fully saturated rings. The first-order chi connectivity index (χ1) is 12.1. The van der Waals surface area contributed by atoms with Crippen LogP contribution >= 0.6 is 11.3 Å². The van der Waals surface area contributed by atoms with Gasteiger partial charge >= 0.3 is 0 Å². The third-order valence-electron chi connectivity index (χ3n) is 4.67. The van der Waals surface area contributed by atoms with Gasteiger partial charge in [0.1, 0.15) is 6.04 Å². The van der Waals surface area contributed by atoms with Crippen molar-refractivity contribution >= 4 is 28.8 Å². The molecule has 1 aliphatic rings. The number of hydrogen-bond donors (Lipinski definition) is 3. The van der Waals surface area contributed by atoms with Crippen LogP contribution in [0.2, 0.25) is 0 Å². The van der Waals surface area contributed by atoms with Gasteiger partial charge in [0, 0.05) is 34.7 Å². The molecular formula is C19H24N3O2S+. The molecule has 25 heavy (non-hydrogen) atoms. The van der Waals surface area contributed by atoms with Gasteiger partial charge in [-0.05, 0) is 43.5 Å². The lowest BCUT2D eigenvalue weighted by Crippen LogP contribution is -3.14. The van der Waals surface area contributed by atoms with E-state index in [9.17, 15) is 9.59 Å². The van der Waals surface area contributed by atoms with E-state index < -0.39 is 0 Å². The van der Waals surface area contributed by atoms with Crippen LogP contribution in [0.25, 0.3) is 0 Å². The van der Waals surface area contributed by atoms with Crippen molar-refractivity contribution in [3.8, 4) is 0 Å². The van der Waals surface area contributed by atoms with Crippen LogP contribution in [0.5, 0.6) is 0 Å². The highest BCUT2D eigenvalue weighted by Crippen LogP contribution is 2.24. The molecule has 0 saturated carbocycles. The summed E-state index contributed by atoms with van der Waals surface area (Å²) < 4.78 is 0. The van der Waals surface area contributed by atoms with E-state index in [0.29, 0.717) is 30.4 Å². The Morgan fingerprint density at radius 1 is 1.32 bits per heavy atom. The Balaban J connectivity index is 1.62. The molecular weight excluding hydrogens is 334 g/mol. The highest BCUT2D eigenvalue weighted by atomic mass is 32.1. The van der Waals surface area contributed by atoms with Crippen molar-refractivity contribution in [2.24, 2.45) is 0 Å². The summed E-state index contributed by atoms with van der Waals surface area (Å²) >= 11 is 1.81. The molecule has 1 aromatic carbocycles. The van der Waals surface area contributed by atoms with Crippen molar-refractivity contribution in [2.75, 3.05) is 25.0 Å². The maximum absolute atomic E-state index is 12.5. The summed E-state index contributed by atoms with van der Waals surface area (Å²) in [5.41, 5.74) is 2.59. The van der Waals surface area contributed by atoms with Gasteiger partial charge in [0.2, 0.25) is 0 Å². The second-order valence-corrected chi connectivity index (χ2v) is 7.34. The maximum atomic E-state index is 12.5. The molecule has 1 aliphatic heterocycles. The number of anilines is 1. The number of rotatable bonds is 5. The number of quaternary nitrogens is 1. The van der Waals surface area contributed by atoms with E-state index in [1.807, 2.05) is 24.3 Å². The zero-order valence-electron chi connectivity index (χ0n) is 14.6. The predicted molar refractivity (Wildman–Crippen MR) is 100 cm³/mol. The van der Waals surface area contributed by atoms with Gasteiger partial charge in [-0.25, -0.2) is 0 Å². The van der Waals surface area contributed by atoms with Crippen LogP contribution in [0.3, 0.4) is 0 Å². The molecule has 132 valence electrons. The number of thiophene rings is 1. The van der Waals surface area contributed by atoms with Crippen LogP contribution in [-0.2, 0) is 11.2 Å². The third-order valence-corrected chi connectivity index (χ3v) is 5.66. The van der Waals surface area contributed by atoms with Crippen LogP contribution in [0, 0.1) is 0 Å². The predicted octanol–water partition coefficient (Wildman–Crippen LogP) is 1.64. The highest BCUT2D eigenvalue weighted by molar-refractivity contribution is 7.10. The fourth-order valence-corrected chi connectivity index (χ4v) is 4.28. The minimum absolute atomic E-state index is 0.0198. The summed E-state index contributed by atoms with van der Waals surface area (Å²) in [5.74, 6) is -0.146. The molecule has 2 atom stereocenters. The van der Waals surface area contributed by atoms with Crippen LogP contribution in [0.1, 0.15) is 40.7 Å². The normalized spacial score (nSPS) is 19.1. The first-order valence-corrected chi connectivity index (χ1v) is 9.55. The lowest BCUT2D eigenvalue weighted by molar-refractivity contribution is -0.923. The first kappa shape index (κ1) is 17.6. The standard InChI is InChI=1S/C19H23N3O2S/c1-3-20-19(24)14-5-4-6-15(11-14)21-18(23)12-22-9-7-17-16(13(22)2)8-10-25-17/h4-6,8,10-11,13H,3,7,9,12H2,1-2H3,(H,20,24)(H,21,23)/p+1/t13-/m0/s1. The van der Waals surface area contributed by atoms with Gasteiger partial charge < -0.3 is 15.5 Å². The summed E-state index contributed by atoms with van der Waals surface area (Å²) in [4.78, 5) is 27.1. The van der Waals surface area contributed by atoms with E-state index in [0.717, 1.165) is 13.0 Å². The quantitative estimate of drug-likeness (QED) is 0.761. The van der Waals surface area contributed by atoms with Crippen molar-refractivity contribution in [3.05, 3.63) is 51.7 Å². The van der Waals surface area contributed by atoms with Crippen molar-refractivity contribution in [1.29, 1.82) is 0 Å². The molecule has 2 aromatic rings. The van der Waals surface area contributed by atoms with E-state index in [1.54, 1.807) is 18.2 Å². The average Bonchev–Trinajstić information content (AvgIpc) is 3.07. The second kappa shape index (κ2) is 7.80. The Hall–Kier alpha value is -2.18. The largest absolute Gasteiger partial charge is 0.352 e. The van der Waals surface area contributed by atoms with Gasteiger partial charge in [-0.15, -0.1) is 11.3 Å². The summed E-state index contributed by atoms with van der Waals surface area (Å²) in [6, 6.07) is 9.58. The van der Waals surface area contributed by atoms with Crippen molar-refractivity contribution in [2.45, 2.75) is 26.3 Å². The molecule has 1 aromatic heterocycles. The van der Waals surface area contributed by atoms with E-state index in [-0.39, 0.29) is 11.8 Å². The van der Waals surface area contributed by atoms with Gasteiger partial charge in [0.05, 0.1) is 6.54 Å². The molecule has 2 heterocycles. The second-order valence-electron chi connectivity index (χ2n) is 6.34. The molecule has 0 bridgehead atoms. The molecule has 3 rings (SSSR count).